The molecule has 2 atom stereocenters. The molecule has 1 amide bonds. The second-order valence-electron chi connectivity index (χ2n) is 6.27. The van der Waals surface area contributed by atoms with Gasteiger partial charge in [0.15, 0.2) is 5.92 Å². The topological polar surface area (TPSA) is 46.4 Å². The Labute approximate surface area is 159 Å². The van der Waals surface area contributed by atoms with Gasteiger partial charge in [0.05, 0.1) is 0 Å². The highest BCUT2D eigenvalue weighted by molar-refractivity contribution is 8.00. The molecule has 0 unspecified atom stereocenters. The zero-order valence-corrected chi connectivity index (χ0v) is 16.2. The lowest BCUT2D eigenvalue weighted by atomic mass is 9.77. The maximum atomic E-state index is 13.4. The smallest absolute Gasteiger partial charge is 0.313 e. The van der Waals surface area contributed by atoms with Crippen LogP contribution in [-0.4, -0.2) is 45.5 Å². The van der Waals surface area contributed by atoms with Gasteiger partial charge in [-0.3, -0.25) is 4.79 Å². The number of likely N-dealkylation sites (N-methyl/N-ethyl adjacent to an activating group) is 1. The highest BCUT2D eigenvalue weighted by Gasteiger charge is 2.67. The molecule has 136 valence electrons. The molecule has 0 spiro atoms. The first-order chi connectivity index (χ1) is 12.6. The number of hydrogen-bond donors (Lipinski definition) is 0. The number of amides is 1. The van der Waals surface area contributed by atoms with E-state index in [0.29, 0.717) is 18.8 Å². The SMILES string of the molecule is CCN(CC)C(=O)[C@@]1(SC)[C@@H](c2ccccc2)C(c2ccccc2)=[N+]1[O-]. The van der Waals surface area contributed by atoms with Gasteiger partial charge in [-0.1, -0.05) is 60.3 Å². The van der Waals surface area contributed by atoms with Crippen molar-refractivity contribution in [3.8, 4) is 0 Å². The molecule has 0 saturated heterocycles. The number of carbonyl (C=O) groups is 1. The van der Waals surface area contributed by atoms with Crippen molar-refractivity contribution in [2.24, 2.45) is 0 Å². The maximum absolute atomic E-state index is 13.4. The highest BCUT2D eigenvalue weighted by atomic mass is 32.2. The normalized spacial score (nSPS) is 22.0. The number of nitrogens with zero attached hydrogens (tertiary/aromatic N) is 2. The van der Waals surface area contributed by atoms with Gasteiger partial charge in [0, 0.05) is 18.7 Å². The van der Waals surface area contributed by atoms with E-state index in [0.717, 1.165) is 15.9 Å². The molecule has 1 aliphatic heterocycles. The molecule has 26 heavy (non-hydrogen) atoms. The molecule has 3 rings (SSSR count). The first kappa shape index (κ1) is 18.5. The summed E-state index contributed by atoms with van der Waals surface area (Å²) >= 11 is 1.34. The molecule has 5 heteroatoms. The third kappa shape index (κ3) is 2.71. The van der Waals surface area contributed by atoms with Gasteiger partial charge in [-0.2, -0.15) is 4.74 Å². The van der Waals surface area contributed by atoms with Crippen molar-refractivity contribution in [3.63, 3.8) is 0 Å². The van der Waals surface area contributed by atoms with E-state index in [1.165, 1.54) is 11.8 Å². The van der Waals surface area contributed by atoms with E-state index in [2.05, 4.69) is 0 Å². The molecule has 0 bridgehead atoms. The minimum atomic E-state index is -1.15. The summed E-state index contributed by atoms with van der Waals surface area (Å²) in [5.41, 5.74) is 2.52. The Morgan fingerprint density at radius 3 is 2.12 bits per heavy atom. The van der Waals surface area contributed by atoms with Crippen LogP contribution in [0, 0.1) is 5.21 Å². The molecular formula is C21H24N2O2S. The largest absolute Gasteiger partial charge is 0.622 e. The quantitative estimate of drug-likeness (QED) is 0.577. The molecule has 1 aliphatic rings. The lowest BCUT2D eigenvalue weighted by molar-refractivity contribution is -0.536. The number of hydroxylamine groups is 1. The molecule has 0 radical (unpaired) electrons. The van der Waals surface area contributed by atoms with Crippen LogP contribution in [0.1, 0.15) is 30.9 Å². The minimum Gasteiger partial charge on any atom is -0.622 e. The fourth-order valence-electron chi connectivity index (χ4n) is 3.69. The maximum Gasteiger partial charge on any atom is 0.313 e. The van der Waals surface area contributed by atoms with Gasteiger partial charge >= 0.3 is 10.8 Å². The van der Waals surface area contributed by atoms with Crippen molar-refractivity contribution in [1.82, 2.24) is 4.90 Å². The average molecular weight is 369 g/mol. The van der Waals surface area contributed by atoms with Crippen molar-refractivity contribution in [2.75, 3.05) is 19.3 Å². The van der Waals surface area contributed by atoms with Gasteiger partial charge in [0.1, 0.15) is 0 Å². The summed E-state index contributed by atoms with van der Waals surface area (Å²) in [5.74, 6) is -0.384. The summed E-state index contributed by atoms with van der Waals surface area (Å²) in [6, 6.07) is 19.5. The van der Waals surface area contributed by atoms with Crippen LogP contribution in [0.15, 0.2) is 60.7 Å². The van der Waals surface area contributed by atoms with Crippen LogP contribution >= 0.6 is 11.8 Å². The van der Waals surface area contributed by atoms with Crippen molar-refractivity contribution < 1.29 is 9.53 Å². The lowest BCUT2D eigenvalue weighted by Crippen LogP contribution is -2.66. The number of hydrogen-bond acceptors (Lipinski definition) is 3. The molecule has 0 fully saturated rings. The zero-order valence-electron chi connectivity index (χ0n) is 15.4. The summed E-state index contributed by atoms with van der Waals surface area (Å²) in [6.07, 6.45) is 1.85. The average Bonchev–Trinajstić information content (AvgIpc) is 2.69. The summed E-state index contributed by atoms with van der Waals surface area (Å²) in [7, 11) is 0. The van der Waals surface area contributed by atoms with Gasteiger partial charge in [-0.05, 0) is 37.8 Å². The number of benzene rings is 2. The van der Waals surface area contributed by atoms with Gasteiger partial charge in [-0.15, -0.1) is 0 Å². The molecule has 1 heterocycles. The van der Waals surface area contributed by atoms with E-state index in [4.69, 9.17) is 0 Å². The summed E-state index contributed by atoms with van der Waals surface area (Å²) in [4.78, 5) is 14.0. The summed E-state index contributed by atoms with van der Waals surface area (Å²) in [5, 5.41) is 13.3. The van der Waals surface area contributed by atoms with Gasteiger partial charge in [-0.25, -0.2) is 0 Å². The second kappa shape index (κ2) is 7.54. The van der Waals surface area contributed by atoms with Crippen LogP contribution in [0.5, 0.6) is 0 Å². The zero-order chi connectivity index (χ0) is 18.7. The molecule has 2 aromatic rings. The van der Waals surface area contributed by atoms with Crippen LogP contribution in [-0.2, 0) is 4.79 Å². The Morgan fingerprint density at radius 1 is 1.08 bits per heavy atom. The van der Waals surface area contributed by atoms with E-state index in [1.54, 1.807) is 4.90 Å². The third-order valence-electron chi connectivity index (χ3n) is 5.06. The molecule has 0 saturated carbocycles. The predicted octanol–water partition coefficient (Wildman–Crippen LogP) is 3.71. The van der Waals surface area contributed by atoms with E-state index in [1.807, 2.05) is 80.8 Å². The Hall–Kier alpha value is -2.27. The highest BCUT2D eigenvalue weighted by Crippen LogP contribution is 2.49. The molecule has 0 N–H and O–H groups in total. The number of carbonyl (C=O) groups excluding carboxylic acids is 1. The standard InChI is InChI=1S/C21H24N2O2S/c1-4-22(5-2)20(24)21(26-3)18(16-12-8-6-9-13-16)19(23(21)25)17-14-10-7-11-15-17/h6-15,18H,4-5H2,1-3H3/t18-,21-/m0/s1. The second-order valence-corrected chi connectivity index (χ2v) is 7.30. The fourth-order valence-corrected chi connectivity index (χ4v) is 4.74. The number of rotatable bonds is 6. The van der Waals surface area contributed by atoms with Gasteiger partial charge in [0.2, 0.25) is 5.71 Å². The molecular weight excluding hydrogens is 344 g/mol. The Bertz CT molecular complexity index is 803. The molecule has 0 aliphatic carbocycles. The Kier molecular flexibility index (Phi) is 5.37. The molecule has 0 aromatic heterocycles. The van der Waals surface area contributed by atoms with Crippen LogP contribution in [0.3, 0.4) is 0 Å². The third-order valence-corrected chi connectivity index (χ3v) is 6.25. The van der Waals surface area contributed by atoms with Crippen LogP contribution < -0.4 is 0 Å². The fraction of sp³-hybridized carbons (Fsp3) is 0.333. The molecule has 4 nitrogen and oxygen atoms in total. The van der Waals surface area contributed by atoms with Crippen molar-refractivity contribution in [2.45, 2.75) is 24.6 Å². The van der Waals surface area contributed by atoms with Crippen molar-refractivity contribution in [3.05, 3.63) is 77.0 Å². The van der Waals surface area contributed by atoms with E-state index >= 15 is 0 Å². The first-order valence-corrected chi connectivity index (χ1v) is 10.1. The van der Waals surface area contributed by atoms with Crippen LogP contribution in [0.25, 0.3) is 0 Å². The summed E-state index contributed by atoms with van der Waals surface area (Å²) in [6.45, 7) is 5.08. The van der Waals surface area contributed by atoms with Gasteiger partial charge < -0.3 is 10.1 Å². The Morgan fingerprint density at radius 2 is 1.62 bits per heavy atom. The summed E-state index contributed by atoms with van der Waals surface area (Å²) < 4.78 is 0.936. The minimum absolute atomic E-state index is 0.112. The Balaban J connectivity index is 2.19. The van der Waals surface area contributed by atoms with Gasteiger partial charge in [0.25, 0.3) is 0 Å². The monoisotopic (exact) mass is 368 g/mol. The van der Waals surface area contributed by atoms with Crippen molar-refractivity contribution in [1.29, 1.82) is 0 Å². The van der Waals surface area contributed by atoms with Crippen molar-refractivity contribution >= 4 is 23.4 Å². The lowest BCUT2D eigenvalue weighted by Gasteiger charge is -2.45. The van der Waals surface area contributed by atoms with E-state index in [9.17, 15) is 10.0 Å². The van der Waals surface area contributed by atoms with E-state index in [-0.39, 0.29) is 11.8 Å². The van der Waals surface area contributed by atoms with Crippen LogP contribution in [0.2, 0.25) is 0 Å². The number of thioether (sulfide) groups is 1. The van der Waals surface area contributed by atoms with Crippen LogP contribution in [0.4, 0.5) is 0 Å². The predicted molar refractivity (Wildman–Crippen MR) is 108 cm³/mol. The first-order valence-electron chi connectivity index (χ1n) is 8.90. The van der Waals surface area contributed by atoms with E-state index < -0.39 is 4.87 Å². The molecule has 2 aromatic carbocycles.